The summed E-state index contributed by atoms with van der Waals surface area (Å²) in [6.07, 6.45) is 8.65. The molecule has 1 aromatic carbocycles. The molecule has 1 saturated carbocycles. The minimum absolute atomic E-state index is 0.0103. The van der Waals surface area contributed by atoms with Crippen molar-refractivity contribution in [2.75, 3.05) is 7.11 Å². The summed E-state index contributed by atoms with van der Waals surface area (Å²) >= 11 is 0. The second kappa shape index (κ2) is 12.8. The van der Waals surface area contributed by atoms with Crippen molar-refractivity contribution in [2.24, 2.45) is 11.8 Å². The van der Waals surface area contributed by atoms with Crippen LogP contribution in [-0.2, 0) is 16.0 Å². The van der Waals surface area contributed by atoms with Crippen LogP contribution in [0.1, 0.15) is 56.9 Å². The number of carbonyl (C=O) groups is 1. The van der Waals surface area contributed by atoms with Gasteiger partial charge in [0.05, 0.1) is 25.4 Å². The second-order valence-corrected chi connectivity index (χ2v) is 8.13. The standard InChI is InChI=1S/C24H36O5/c1-29-24(28)12-8-3-2-7-11-20-21(23(27)17-22(20)26)16-15-19(25)14-13-18-9-5-4-6-10-18/h2,4-7,9-10,19-23,25-27H,3,8,11-17H2,1H3/b7-2+/t19-,20+,21+,22-,23+/m0/s1. The number of aliphatic hydroxyl groups excluding tert-OH is 3. The Morgan fingerprint density at radius 1 is 1.14 bits per heavy atom. The highest BCUT2D eigenvalue weighted by Crippen LogP contribution is 2.38. The molecule has 5 heteroatoms. The van der Waals surface area contributed by atoms with Crippen LogP contribution in [0.4, 0.5) is 0 Å². The van der Waals surface area contributed by atoms with E-state index in [0.29, 0.717) is 32.1 Å². The van der Waals surface area contributed by atoms with Crippen molar-refractivity contribution >= 4 is 5.97 Å². The summed E-state index contributed by atoms with van der Waals surface area (Å²) in [5, 5.41) is 31.1. The predicted molar refractivity (Wildman–Crippen MR) is 113 cm³/mol. The lowest BCUT2D eigenvalue weighted by molar-refractivity contribution is -0.140. The lowest BCUT2D eigenvalue weighted by Crippen LogP contribution is -2.23. The highest BCUT2D eigenvalue weighted by atomic mass is 16.5. The van der Waals surface area contributed by atoms with Gasteiger partial charge in [0.15, 0.2) is 0 Å². The van der Waals surface area contributed by atoms with Gasteiger partial charge in [-0.15, -0.1) is 0 Å². The van der Waals surface area contributed by atoms with Crippen LogP contribution in [-0.4, -0.2) is 46.7 Å². The fraction of sp³-hybridized carbons (Fsp3) is 0.625. The van der Waals surface area contributed by atoms with Crippen molar-refractivity contribution in [3.8, 4) is 0 Å². The van der Waals surface area contributed by atoms with E-state index in [1.165, 1.54) is 12.7 Å². The number of carbonyl (C=O) groups excluding carboxylic acids is 1. The van der Waals surface area contributed by atoms with Crippen molar-refractivity contribution in [1.29, 1.82) is 0 Å². The van der Waals surface area contributed by atoms with Gasteiger partial charge in [-0.25, -0.2) is 0 Å². The van der Waals surface area contributed by atoms with Crippen molar-refractivity contribution in [3.05, 3.63) is 48.0 Å². The number of unbranched alkanes of at least 4 members (excludes halogenated alkanes) is 1. The van der Waals surface area contributed by atoms with Crippen molar-refractivity contribution in [1.82, 2.24) is 0 Å². The zero-order chi connectivity index (χ0) is 21.1. The van der Waals surface area contributed by atoms with Crippen molar-refractivity contribution in [3.63, 3.8) is 0 Å². The second-order valence-electron chi connectivity index (χ2n) is 8.13. The van der Waals surface area contributed by atoms with Gasteiger partial charge in [-0.3, -0.25) is 4.79 Å². The molecule has 1 aliphatic rings. The fourth-order valence-electron chi connectivity index (χ4n) is 4.25. The van der Waals surface area contributed by atoms with Crippen LogP contribution in [0.15, 0.2) is 42.5 Å². The van der Waals surface area contributed by atoms with E-state index in [-0.39, 0.29) is 17.8 Å². The Kier molecular flexibility index (Phi) is 10.4. The molecular formula is C24H36O5. The number of aryl methyl sites for hydroxylation is 1. The van der Waals surface area contributed by atoms with E-state index in [4.69, 9.17) is 0 Å². The van der Waals surface area contributed by atoms with Gasteiger partial charge in [-0.05, 0) is 68.8 Å². The van der Waals surface area contributed by atoms with E-state index in [2.05, 4.69) is 16.9 Å². The number of rotatable bonds is 12. The molecule has 5 nitrogen and oxygen atoms in total. The number of hydrogen-bond acceptors (Lipinski definition) is 5. The minimum atomic E-state index is -0.510. The molecule has 0 heterocycles. The molecule has 1 fully saturated rings. The maximum Gasteiger partial charge on any atom is 0.305 e. The third-order valence-electron chi connectivity index (χ3n) is 6.02. The average molecular weight is 405 g/mol. The van der Waals surface area contributed by atoms with E-state index in [1.54, 1.807) is 0 Å². The van der Waals surface area contributed by atoms with E-state index < -0.39 is 18.3 Å². The SMILES string of the molecule is COC(=O)CCC/C=C/C[C@@H]1[C@@H](CC[C@@H](O)CCc2ccccc2)[C@H](O)C[C@@H]1O. The number of esters is 1. The van der Waals surface area contributed by atoms with Gasteiger partial charge >= 0.3 is 5.97 Å². The molecule has 0 aromatic heterocycles. The third kappa shape index (κ3) is 8.29. The Balaban J connectivity index is 1.73. The molecule has 5 atom stereocenters. The number of hydrogen-bond donors (Lipinski definition) is 3. The summed E-state index contributed by atoms with van der Waals surface area (Å²) in [5.41, 5.74) is 1.22. The summed E-state index contributed by atoms with van der Waals surface area (Å²) in [5.74, 6) is -0.169. The molecule has 29 heavy (non-hydrogen) atoms. The summed E-state index contributed by atoms with van der Waals surface area (Å²) in [4.78, 5) is 11.1. The van der Waals surface area contributed by atoms with Gasteiger partial charge in [-0.2, -0.15) is 0 Å². The number of aliphatic hydroxyl groups is 3. The molecule has 3 N–H and O–H groups in total. The Hall–Kier alpha value is -1.69. The smallest absolute Gasteiger partial charge is 0.305 e. The van der Waals surface area contributed by atoms with Gasteiger partial charge in [0.1, 0.15) is 0 Å². The molecule has 0 saturated heterocycles. The van der Waals surface area contributed by atoms with Crippen LogP contribution < -0.4 is 0 Å². The number of ether oxygens (including phenoxy) is 1. The Morgan fingerprint density at radius 2 is 1.86 bits per heavy atom. The first-order valence-electron chi connectivity index (χ1n) is 10.8. The highest BCUT2D eigenvalue weighted by Gasteiger charge is 2.40. The largest absolute Gasteiger partial charge is 0.469 e. The van der Waals surface area contributed by atoms with Crippen molar-refractivity contribution in [2.45, 2.75) is 76.1 Å². The van der Waals surface area contributed by atoms with Crippen molar-refractivity contribution < 1.29 is 24.9 Å². The quantitative estimate of drug-likeness (QED) is 0.282. The summed E-state index contributed by atoms with van der Waals surface area (Å²) in [6, 6.07) is 10.1. The van der Waals surface area contributed by atoms with Crippen LogP contribution in [0.5, 0.6) is 0 Å². The molecular weight excluding hydrogens is 368 g/mol. The van der Waals surface area contributed by atoms with Gasteiger partial charge in [0, 0.05) is 6.42 Å². The first-order valence-corrected chi connectivity index (χ1v) is 10.8. The zero-order valence-corrected chi connectivity index (χ0v) is 17.5. The number of methoxy groups -OCH3 is 1. The molecule has 0 amide bonds. The van der Waals surface area contributed by atoms with Crippen LogP contribution >= 0.6 is 0 Å². The predicted octanol–water partition coefficient (Wildman–Crippen LogP) is 3.41. The monoisotopic (exact) mass is 404 g/mol. The van der Waals surface area contributed by atoms with Gasteiger partial charge < -0.3 is 20.1 Å². The van der Waals surface area contributed by atoms with Crippen LogP contribution in [0, 0.1) is 11.8 Å². The lowest BCUT2D eigenvalue weighted by Gasteiger charge is -2.23. The summed E-state index contributed by atoms with van der Waals surface area (Å²) < 4.78 is 4.62. The van der Waals surface area contributed by atoms with Crippen LogP contribution in [0.25, 0.3) is 0 Å². The van der Waals surface area contributed by atoms with E-state index in [0.717, 1.165) is 25.7 Å². The van der Waals surface area contributed by atoms with Crippen LogP contribution in [0.3, 0.4) is 0 Å². The Labute approximate surface area is 174 Å². The molecule has 0 aliphatic heterocycles. The van der Waals surface area contributed by atoms with E-state index in [9.17, 15) is 20.1 Å². The zero-order valence-electron chi connectivity index (χ0n) is 17.5. The third-order valence-corrected chi connectivity index (χ3v) is 6.02. The minimum Gasteiger partial charge on any atom is -0.469 e. The van der Waals surface area contributed by atoms with Crippen LogP contribution in [0.2, 0.25) is 0 Å². The molecule has 0 spiro atoms. The molecule has 1 aliphatic carbocycles. The fourth-order valence-corrected chi connectivity index (χ4v) is 4.25. The van der Waals surface area contributed by atoms with E-state index in [1.807, 2.05) is 30.4 Å². The first-order chi connectivity index (χ1) is 14.0. The molecule has 0 radical (unpaired) electrons. The first kappa shape index (κ1) is 23.6. The highest BCUT2D eigenvalue weighted by molar-refractivity contribution is 5.69. The van der Waals surface area contributed by atoms with Gasteiger partial charge in [0.25, 0.3) is 0 Å². The molecule has 2 rings (SSSR count). The summed E-state index contributed by atoms with van der Waals surface area (Å²) in [6.45, 7) is 0. The molecule has 162 valence electrons. The summed E-state index contributed by atoms with van der Waals surface area (Å²) in [7, 11) is 1.39. The Morgan fingerprint density at radius 3 is 2.59 bits per heavy atom. The maximum atomic E-state index is 11.1. The molecule has 1 aromatic rings. The maximum absolute atomic E-state index is 11.1. The molecule has 0 unspecified atom stereocenters. The topological polar surface area (TPSA) is 87.0 Å². The van der Waals surface area contributed by atoms with Gasteiger partial charge in [-0.1, -0.05) is 42.5 Å². The van der Waals surface area contributed by atoms with Gasteiger partial charge in [0.2, 0.25) is 0 Å². The van der Waals surface area contributed by atoms with E-state index >= 15 is 0 Å². The number of allylic oxidation sites excluding steroid dienone is 2. The molecule has 0 bridgehead atoms. The number of benzene rings is 1. The lowest BCUT2D eigenvalue weighted by atomic mass is 9.85. The average Bonchev–Trinajstić information content (AvgIpc) is 3.00. The normalized spacial score (nSPS) is 25.4. The Bertz CT molecular complexity index is 615.